The van der Waals surface area contributed by atoms with E-state index in [9.17, 15) is 43.2 Å². The van der Waals surface area contributed by atoms with Gasteiger partial charge in [-0.3, -0.25) is 37.3 Å². The molecule has 0 rings (SSSR count). The Morgan fingerprint density at radius 3 is 0.660 bits per heavy atom. The first-order valence-electron chi connectivity index (χ1n) is 43.6. The number of hydrogen-bond donors (Lipinski definition) is 3. The van der Waals surface area contributed by atoms with Crippen LogP contribution in [0.2, 0.25) is 0 Å². The molecule has 0 spiro atoms. The fraction of sp³-hybridized carbons (Fsp3) is 0.952. The predicted octanol–water partition coefficient (Wildman–Crippen LogP) is 25.6. The molecule has 0 saturated heterocycles. The number of hydrogen-bond acceptors (Lipinski definition) is 15. The Kier molecular flexibility index (Phi) is 75.4. The third-order valence-electron chi connectivity index (χ3n) is 19.8. The highest BCUT2D eigenvalue weighted by Gasteiger charge is 2.30. The SMILES string of the molecule is CCCCCCCCCCCCCCCCCCCCCCCCC(=O)O[C@H](COC(=O)CCCCCCCCCCCCCCCCCCCCC)COP(=O)(O)OC[C@@H](O)COP(=O)(O)OC[C@@H](COC(=O)CCCCCCCCCC)OC(=O)CCCCCCCCCCCCCC(C)C. The maximum Gasteiger partial charge on any atom is 0.472 e. The molecule has 0 aromatic rings. The molecule has 0 heterocycles. The molecular formula is C84H164O17P2. The Morgan fingerprint density at radius 1 is 0.262 bits per heavy atom. The Labute approximate surface area is 632 Å². The lowest BCUT2D eigenvalue weighted by molar-refractivity contribution is -0.161. The molecule has 0 aliphatic heterocycles. The maximum absolute atomic E-state index is 13.1. The molecule has 0 aromatic heterocycles. The number of carbonyl (C=O) groups excluding carboxylic acids is 4. The standard InChI is InChI=1S/C84H164O17P2/c1-6-9-12-15-18-21-23-25-27-29-31-32-33-35-37-39-41-45-49-54-59-64-69-83(88)101-80(74-95-82(87)68-63-58-53-48-44-40-38-36-34-30-28-26-24-22-19-16-13-10-7-2)76-99-103(92,93)97-72-78(85)71-96-102(90,91)98-75-79(73-94-81(86)67-62-57-52-20-17-14-11-8-3)100-84(89)70-65-60-55-50-46-42-43-47-51-56-61-66-77(4)5/h77-80,85H,6-76H2,1-5H3,(H,90,91)(H,92,93)/t78-,79+,80+/m0/s1. The summed E-state index contributed by atoms with van der Waals surface area (Å²) in [6.45, 7) is 7.31. The lowest BCUT2D eigenvalue weighted by Crippen LogP contribution is -2.30. The van der Waals surface area contributed by atoms with Crippen molar-refractivity contribution in [2.24, 2.45) is 5.92 Å². The van der Waals surface area contributed by atoms with Crippen LogP contribution < -0.4 is 0 Å². The van der Waals surface area contributed by atoms with Crippen molar-refractivity contribution in [2.75, 3.05) is 39.6 Å². The Hall–Kier alpha value is -1.94. The molecule has 3 N–H and O–H groups in total. The summed E-state index contributed by atoms with van der Waals surface area (Å²) >= 11 is 0. The van der Waals surface area contributed by atoms with Gasteiger partial charge in [0, 0.05) is 25.7 Å². The van der Waals surface area contributed by atoms with Crippen molar-refractivity contribution in [3.63, 3.8) is 0 Å². The van der Waals surface area contributed by atoms with Crippen LogP contribution in [0.15, 0.2) is 0 Å². The van der Waals surface area contributed by atoms with E-state index < -0.39 is 97.5 Å². The highest BCUT2D eigenvalue weighted by atomic mass is 31.2. The smallest absolute Gasteiger partial charge is 0.462 e. The van der Waals surface area contributed by atoms with Crippen molar-refractivity contribution < 1.29 is 80.2 Å². The van der Waals surface area contributed by atoms with E-state index in [2.05, 4.69) is 34.6 Å². The third-order valence-corrected chi connectivity index (χ3v) is 21.7. The first kappa shape index (κ1) is 101. The predicted molar refractivity (Wildman–Crippen MR) is 423 cm³/mol. The van der Waals surface area contributed by atoms with Gasteiger partial charge in [0.1, 0.15) is 19.3 Å². The number of phosphoric ester groups is 2. The number of ether oxygens (including phenoxy) is 4. The molecule has 0 amide bonds. The Bertz CT molecular complexity index is 1960. The highest BCUT2D eigenvalue weighted by Crippen LogP contribution is 2.45. The first-order chi connectivity index (χ1) is 50.0. The van der Waals surface area contributed by atoms with E-state index in [1.165, 1.54) is 270 Å². The first-order valence-corrected chi connectivity index (χ1v) is 46.6. The van der Waals surface area contributed by atoms with Gasteiger partial charge < -0.3 is 33.8 Å². The second-order valence-corrected chi connectivity index (χ2v) is 33.6. The minimum atomic E-state index is -4.96. The maximum atomic E-state index is 13.1. The van der Waals surface area contributed by atoms with Gasteiger partial charge >= 0.3 is 39.5 Å². The zero-order chi connectivity index (χ0) is 75.5. The number of carbonyl (C=O) groups is 4. The molecule has 0 aromatic carbocycles. The molecule has 5 atom stereocenters. The van der Waals surface area contributed by atoms with Crippen molar-refractivity contribution in [1.29, 1.82) is 0 Å². The van der Waals surface area contributed by atoms with Gasteiger partial charge in [0.05, 0.1) is 26.4 Å². The molecule has 2 unspecified atom stereocenters. The van der Waals surface area contributed by atoms with Crippen LogP contribution in [-0.2, 0) is 65.4 Å². The fourth-order valence-electron chi connectivity index (χ4n) is 13.1. The van der Waals surface area contributed by atoms with Gasteiger partial charge in [-0.1, -0.05) is 401 Å². The van der Waals surface area contributed by atoms with Gasteiger partial charge in [0.15, 0.2) is 12.2 Å². The van der Waals surface area contributed by atoms with E-state index in [0.717, 1.165) is 102 Å². The van der Waals surface area contributed by atoms with E-state index in [1.807, 2.05) is 0 Å². The number of aliphatic hydroxyl groups excluding tert-OH is 1. The summed E-state index contributed by atoms with van der Waals surface area (Å²) < 4.78 is 68.7. The zero-order valence-electron chi connectivity index (χ0n) is 67.5. The summed E-state index contributed by atoms with van der Waals surface area (Å²) in [6.07, 6.45) is 69.7. The third kappa shape index (κ3) is 78.0. The lowest BCUT2D eigenvalue weighted by Gasteiger charge is -2.21. The van der Waals surface area contributed by atoms with Crippen molar-refractivity contribution in [3.05, 3.63) is 0 Å². The Morgan fingerprint density at radius 2 is 0.447 bits per heavy atom. The van der Waals surface area contributed by atoms with Crippen LogP contribution in [0.3, 0.4) is 0 Å². The molecule has 0 bridgehead atoms. The average Bonchev–Trinajstić information content (AvgIpc) is 1.00. The van der Waals surface area contributed by atoms with Gasteiger partial charge in [-0.2, -0.15) is 0 Å². The van der Waals surface area contributed by atoms with Crippen molar-refractivity contribution in [2.45, 2.75) is 470 Å². The van der Waals surface area contributed by atoms with Crippen LogP contribution in [0.4, 0.5) is 0 Å². The van der Waals surface area contributed by atoms with Crippen LogP contribution in [0.1, 0.15) is 452 Å². The monoisotopic (exact) mass is 1510 g/mol. The normalized spacial score (nSPS) is 13.8. The molecule has 19 heteroatoms. The van der Waals surface area contributed by atoms with E-state index in [-0.39, 0.29) is 25.7 Å². The van der Waals surface area contributed by atoms with Gasteiger partial charge in [0.25, 0.3) is 0 Å². The molecule has 17 nitrogen and oxygen atoms in total. The average molecular weight is 1510 g/mol. The van der Waals surface area contributed by atoms with Crippen LogP contribution in [0.25, 0.3) is 0 Å². The van der Waals surface area contributed by atoms with Crippen LogP contribution >= 0.6 is 15.6 Å². The van der Waals surface area contributed by atoms with Crippen molar-refractivity contribution in [1.82, 2.24) is 0 Å². The summed E-state index contributed by atoms with van der Waals surface area (Å²) in [7, 11) is -9.92. The van der Waals surface area contributed by atoms with Crippen LogP contribution in [0.5, 0.6) is 0 Å². The fourth-order valence-corrected chi connectivity index (χ4v) is 14.7. The number of phosphoric acid groups is 2. The molecule has 0 saturated carbocycles. The minimum absolute atomic E-state index is 0.107. The summed E-state index contributed by atoms with van der Waals surface area (Å²) in [4.78, 5) is 73.0. The zero-order valence-corrected chi connectivity index (χ0v) is 69.3. The van der Waals surface area contributed by atoms with Gasteiger partial charge in [-0.25, -0.2) is 9.13 Å². The molecule has 0 aliphatic carbocycles. The molecule has 0 fully saturated rings. The molecule has 612 valence electrons. The summed E-state index contributed by atoms with van der Waals surface area (Å²) in [5.41, 5.74) is 0. The molecule has 0 aliphatic rings. The minimum Gasteiger partial charge on any atom is -0.462 e. The number of aliphatic hydroxyl groups is 1. The van der Waals surface area contributed by atoms with Gasteiger partial charge in [-0.15, -0.1) is 0 Å². The summed E-state index contributed by atoms with van der Waals surface area (Å²) in [6, 6.07) is 0. The second-order valence-electron chi connectivity index (χ2n) is 30.7. The molecular weight excluding hydrogens is 1340 g/mol. The quantitative estimate of drug-likeness (QED) is 0.0222. The van der Waals surface area contributed by atoms with E-state index in [4.69, 9.17) is 37.0 Å². The van der Waals surface area contributed by atoms with Crippen molar-refractivity contribution >= 4 is 39.5 Å². The Balaban J connectivity index is 5.18. The molecule has 103 heavy (non-hydrogen) atoms. The summed E-state index contributed by atoms with van der Waals surface area (Å²) in [5, 5.41) is 10.6. The van der Waals surface area contributed by atoms with Gasteiger partial charge in [-0.05, 0) is 31.6 Å². The number of unbranched alkanes of at least 4 members (excludes halogenated alkanes) is 56. The van der Waals surface area contributed by atoms with Crippen LogP contribution in [-0.4, -0.2) is 96.7 Å². The van der Waals surface area contributed by atoms with Crippen molar-refractivity contribution in [3.8, 4) is 0 Å². The lowest BCUT2D eigenvalue weighted by atomic mass is 10.0. The van der Waals surface area contributed by atoms with Gasteiger partial charge in [0.2, 0.25) is 0 Å². The number of rotatable bonds is 84. The van der Waals surface area contributed by atoms with E-state index in [1.54, 1.807) is 0 Å². The largest absolute Gasteiger partial charge is 0.472 e. The topological polar surface area (TPSA) is 237 Å². The van der Waals surface area contributed by atoms with Crippen LogP contribution in [0, 0.1) is 5.92 Å². The second kappa shape index (κ2) is 76.8. The highest BCUT2D eigenvalue weighted by molar-refractivity contribution is 7.47. The number of esters is 4. The molecule has 0 radical (unpaired) electrons. The van der Waals surface area contributed by atoms with E-state index >= 15 is 0 Å². The summed E-state index contributed by atoms with van der Waals surface area (Å²) in [5.74, 6) is -1.34. The van der Waals surface area contributed by atoms with E-state index in [0.29, 0.717) is 25.7 Å².